The van der Waals surface area contributed by atoms with E-state index in [9.17, 15) is 9.59 Å². The highest BCUT2D eigenvalue weighted by Gasteiger charge is 2.15. The van der Waals surface area contributed by atoms with Crippen LogP contribution >= 0.6 is 15.9 Å². The van der Waals surface area contributed by atoms with Crippen molar-refractivity contribution in [3.63, 3.8) is 0 Å². The number of aromatic nitrogens is 1. The van der Waals surface area contributed by atoms with E-state index in [1.165, 1.54) is 6.20 Å². The molecular weight excluding hydrogens is 360 g/mol. The van der Waals surface area contributed by atoms with Gasteiger partial charge < -0.3 is 16.4 Å². The van der Waals surface area contributed by atoms with E-state index < -0.39 is 0 Å². The maximum absolute atomic E-state index is 12.3. The first-order chi connectivity index (χ1) is 10.9. The molecule has 0 unspecified atom stereocenters. The van der Waals surface area contributed by atoms with Crippen molar-refractivity contribution in [2.75, 3.05) is 12.8 Å². The molecule has 6 nitrogen and oxygen atoms in total. The summed E-state index contributed by atoms with van der Waals surface area (Å²) in [6, 6.07) is 8.38. The summed E-state index contributed by atoms with van der Waals surface area (Å²) in [5.41, 5.74) is 7.85. The topological polar surface area (TPSA) is 97.1 Å². The molecule has 4 N–H and O–H groups in total. The van der Waals surface area contributed by atoms with Crippen LogP contribution < -0.4 is 16.4 Å². The summed E-state index contributed by atoms with van der Waals surface area (Å²) in [6.45, 7) is 1.84. The van der Waals surface area contributed by atoms with E-state index in [4.69, 9.17) is 5.73 Å². The first kappa shape index (κ1) is 17.0. The summed E-state index contributed by atoms with van der Waals surface area (Å²) in [7, 11) is 1.57. The van der Waals surface area contributed by atoms with E-state index in [1.54, 1.807) is 31.3 Å². The Morgan fingerprint density at radius 3 is 2.65 bits per heavy atom. The van der Waals surface area contributed by atoms with Crippen LogP contribution in [0.5, 0.6) is 0 Å². The Balaban J connectivity index is 2.16. The quantitative estimate of drug-likeness (QED) is 0.712. The van der Waals surface area contributed by atoms with Gasteiger partial charge in [0.1, 0.15) is 4.60 Å². The molecule has 1 aromatic carbocycles. The van der Waals surface area contributed by atoms with Gasteiger partial charge in [0, 0.05) is 24.5 Å². The van der Waals surface area contributed by atoms with E-state index in [2.05, 4.69) is 31.5 Å². The largest absolute Gasteiger partial charge is 0.398 e. The van der Waals surface area contributed by atoms with Gasteiger partial charge in [-0.05, 0) is 46.6 Å². The predicted octanol–water partition coefficient (Wildman–Crippen LogP) is 2.28. The number of nitrogens with two attached hydrogens (primary N) is 1. The van der Waals surface area contributed by atoms with Gasteiger partial charge in [0.05, 0.1) is 11.6 Å². The molecule has 2 amide bonds. The van der Waals surface area contributed by atoms with Crippen molar-refractivity contribution in [1.82, 2.24) is 15.6 Å². The number of nitrogen functional groups attached to an aromatic ring is 1. The molecule has 2 rings (SSSR count). The van der Waals surface area contributed by atoms with Crippen molar-refractivity contribution < 1.29 is 9.59 Å². The number of hydrogen-bond acceptors (Lipinski definition) is 4. The van der Waals surface area contributed by atoms with E-state index in [0.717, 1.165) is 5.56 Å². The van der Waals surface area contributed by atoms with Crippen LogP contribution in [-0.2, 0) is 0 Å². The molecule has 0 saturated heterocycles. The Hall–Kier alpha value is -2.41. The van der Waals surface area contributed by atoms with Crippen LogP contribution in [0.15, 0.2) is 41.1 Å². The zero-order valence-electron chi connectivity index (χ0n) is 12.8. The van der Waals surface area contributed by atoms with E-state index in [-0.39, 0.29) is 17.9 Å². The lowest BCUT2D eigenvalue weighted by Gasteiger charge is -2.16. The molecule has 0 spiro atoms. The van der Waals surface area contributed by atoms with Gasteiger partial charge in [-0.25, -0.2) is 4.98 Å². The molecule has 0 bridgehead atoms. The molecule has 7 heteroatoms. The summed E-state index contributed by atoms with van der Waals surface area (Å²) in [5.74, 6) is -0.493. The monoisotopic (exact) mass is 376 g/mol. The van der Waals surface area contributed by atoms with Gasteiger partial charge in [-0.1, -0.05) is 12.1 Å². The third-order valence-electron chi connectivity index (χ3n) is 3.37. The van der Waals surface area contributed by atoms with Crippen LogP contribution in [0.1, 0.15) is 39.2 Å². The lowest BCUT2D eigenvalue weighted by molar-refractivity contribution is 0.0939. The van der Waals surface area contributed by atoms with Gasteiger partial charge in [0.15, 0.2) is 0 Å². The van der Waals surface area contributed by atoms with Gasteiger partial charge in [-0.2, -0.15) is 0 Å². The Morgan fingerprint density at radius 1 is 1.26 bits per heavy atom. The SMILES string of the molecule is CNC(=O)c1cccc([C@@H](C)NC(=O)c2cnc(Br)cc2N)c1. The highest BCUT2D eigenvalue weighted by Crippen LogP contribution is 2.18. The van der Waals surface area contributed by atoms with Gasteiger partial charge in [0.25, 0.3) is 11.8 Å². The number of halogens is 1. The average Bonchev–Trinajstić information content (AvgIpc) is 2.54. The second kappa shape index (κ2) is 7.23. The second-order valence-electron chi connectivity index (χ2n) is 4.99. The van der Waals surface area contributed by atoms with E-state index in [0.29, 0.717) is 21.4 Å². The van der Waals surface area contributed by atoms with Gasteiger partial charge in [-0.15, -0.1) is 0 Å². The summed E-state index contributed by atoms with van der Waals surface area (Å²) in [6.07, 6.45) is 1.42. The normalized spacial score (nSPS) is 11.6. The lowest BCUT2D eigenvalue weighted by Crippen LogP contribution is -2.28. The maximum atomic E-state index is 12.3. The molecule has 1 aromatic heterocycles. The minimum atomic E-state index is -0.319. The maximum Gasteiger partial charge on any atom is 0.255 e. The number of anilines is 1. The molecule has 0 fully saturated rings. The Kier molecular flexibility index (Phi) is 5.33. The van der Waals surface area contributed by atoms with Gasteiger partial charge >= 0.3 is 0 Å². The average molecular weight is 377 g/mol. The summed E-state index contributed by atoms with van der Waals surface area (Å²) >= 11 is 3.20. The van der Waals surface area contributed by atoms with Crippen LogP contribution in [0.25, 0.3) is 0 Å². The summed E-state index contributed by atoms with van der Waals surface area (Å²) < 4.78 is 0.567. The Bertz CT molecular complexity index is 749. The van der Waals surface area contributed by atoms with Crippen LogP contribution in [0.3, 0.4) is 0 Å². The molecule has 23 heavy (non-hydrogen) atoms. The third-order valence-corrected chi connectivity index (χ3v) is 3.80. The van der Waals surface area contributed by atoms with Crippen molar-refractivity contribution in [2.45, 2.75) is 13.0 Å². The number of benzene rings is 1. The lowest BCUT2D eigenvalue weighted by atomic mass is 10.0. The van der Waals surface area contributed by atoms with Gasteiger partial charge in [0.2, 0.25) is 0 Å². The van der Waals surface area contributed by atoms with E-state index >= 15 is 0 Å². The first-order valence-electron chi connectivity index (χ1n) is 6.96. The van der Waals surface area contributed by atoms with Crippen LogP contribution in [0.2, 0.25) is 0 Å². The smallest absolute Gasteiger partial charge is 0.255 e. The third kappa shape index (κ3) is 4.07. The zero-order chi connectivity index (χ0) is 17.0. The molecule has 2 aromatic rings. The molecule has 0 aliphatic rings. The first-order valence-corrected chi connectivity index (χ1v) is 7.75. The molecule has 0 saturated carbocycles. The fourth-order valence-electron chi connectivity index (χ4n) is 2.09. The van der Waals surface area contributed by atoms with Crippen molar-refractivity contribution >= 4 is 33.4 Å². The standard InChI is InChI=1S/C16H17BrN4O2/c1-9(10-4-3-5-11(6-10)15(22)19-2)21-16(23)12-8-20-14(17)7-13(12)18/h3-9H,1-2H3,(H2,18,20)(H,19,22)(H,21,23)/t9-/m1/s1. The minimum absolute atomic E-state index is 0.174. The van der Waals surface area contributed by atoms with Crippen molar-refractivity contribution in [3.05, 3.63) is 57.8 Å². The summed E-state index contributed by atoms with van der Waals surface area (Å²) in [4.78, 5) is 28.0. The Labute approximate surface area is 142 Å². The second-order valence-corrected chi connectivity index (χ2v) is 5.81. The fraction of sp³-hybridized carbons (Fsp3) is 0.188. The van der Waals surface area contributed by atoms with Crippen LogP contribution in [0, 0.1) is 0 Å². The van der Waals surface area contributed by atoms with Crippen LogP contribution in [0.4, 0.5) is 5.69 Å². The van der Waals surface area contributed by atoms with Crippen LogP contribution in [-0.4, -0.2) is 23.8 Å². The number of nitrogens with one attached hydrogen (secondary N) is 2. The van der Waals surface area contributed by atoms with Crippen molar-refractivity contribution in [1.29, 1.82) is 0 Å². The molecule has 120 valence electrons. The zero-order valence-corrected chi connectivity index (χ0v) is 14.3. The van der Waals surface area contributed by atoms with E-state index in [1.807, 2.05) is 13.0 Å². The van der Waals surface area contributed by atoms with Gasteiger partial charge in [-0.3, -0.25) is 9.59 Å². The van der Waals surface area contributed by atoms with Crippen molar-refractivity contribution in [3.8, 4) is 0 Å². The number of nitrogens with zero attached hydrogens (tertiary/aromatic N) is 1. The number of carbonyl (C=O) groups is 2. The highest BCUT2D eigenvalue weighted by atomic mass is 79.9. The molecule has 1 heterocycles. The minimum Gasteiger partial charge on any atom is -0.398 e. The van der Waals surface area contributed by atoms with Crippen molar-refractivity contribution in [2.24, 2.45) is 0 Å². The number of carbonyl (C=O) groups excluding carboxylic acids is 2. The number of hydrogen-bond donors (Lipinski definition) is 3. The molecule has 0 aliphatic heterocycles. The highest BCUT2D eigenvalue weighted by molar-refractivity contribution is 9.10. The molecular formula is C16H17BrN4O2. The number of amides is 2. The summed E-state index contributed by atoms with van der Waals surface area (Å²) in [5, 5.41) is 5.42. The number of pyridine rings is 1. The molecule has 0 radical (unpaired) electrons. The predicted molar refractivity (Wildman–Crippen MR) is 92.1 cm³/mol. The molecule has 0 aliphatic carbocycles. The Morgan fingerprint density at radius 2 is 2.00 bits per heavy atom. The number of rotatable bonds is 4. The fourth-order valence-corrected chi connectivity index (χ4v) is 2.43. The molecule has 1 atom stereocenters.